The molecular weight excluding hydrogens is 434 g/mol. The Morgan fingerprint density at radius 1 is 1.18 bits per heavy atom. The number of ether oxygens (including phenoxy) is 1. The first-order valence-electron chi connectivity index (χ1n) is 11.0. The van der Waals surface area contributed by atoms with E-state index in [1.807, 2.05) is 31.2 Å². The highest BCUT2D eigenvalue weighted by molar-refractivity contribution is 6.07. The third-order valence-corrected chi connectivity index (χ3v) is 5.85. The molecule has 4 rings (SSSR count). The number of carbonyl (C=O) groups excluding carboxylic acids is 2. The Morgan fingerprint density at radius 3 is 2.68 bits per heavy atom. The number of anilines is 3. The molecule has 3 aromatic rings. The number of fused-ring (bicyclic) bond motifs is 1. The lowest BCUT2D eigenvalue weighted by Gasteiger charge is -2.28. The Labute approximate surface area is 197 Å². The van der Waals surface area contributed by atoms with Gasteiger partial charge < -0.3 is 21.1 Å². The van der Waals surface area contributed by atoms with E-state index in [9.17, 15) is 9.59 Å². The second-order valence-corrected chi connectivity index (χ2v) is 8.03. The Balaban J connectivity index is 1.65. The summed E-state index contributed by atoms with van der Waals surface area (Å²) >= 11 is 0. The van der Waals surface area contributed by atoms with Crippen molar-refractivity contribution in [2.45, 2.75) is 26.8 Å². The zero-order valence-electron chi connectivity index (χ0n) is 19.4. The second-order valence-electron chi connectivity index (χ2n) is 8.03. The van der Waals surface area contributed by atoms with Crippen molar-refractivity contribution in [3.05, 3.63) is 64.3 Å². The Kier molecular flexibility index (Phi) is 6.69. The smallest absolute Gasteiger partial charge is 0.273 e. The fourth-order valence-electron chi connectivity index (χ4n) is 3.94. The molecule has 0 saturated heterocycles. The molecule has 0 radical (unpaired) electrons. The number of carbonyl (C=O) groups is 2. The number of hydrogen-bond acceptors (Lipinski definition) is 8. The maximum atomic E-state index is 12.8. The predicted molar refractivity (Wildman–Crippen MR) is 128 cm³/mol. The number of methoxy groups -OCH3 is 1. The molecule has 4 N–H and O–H groups in total. The maximum absolute atomic E-state index is 12.8. The van der Waals surface area contributed by atoms with Crippen LogP contribution >= 0.6 is 0 Å². The summed E-state index contributed by atoms with van der Waals surface area (Å²) in [5.41, 5.74) is 9.50. The largest absolute Gasteiger partial charge is 0.495 e. The lowest BCUT2D eigenvalue weighted by molar-refractivity contribution is 0.0995. The molecule has 176 valence electrons. The number of benzene rings is 2. The van der Waals surface area contributed by atoms with Gasteiger partial charge in [0, 0.05) is 18.7 Å². The second kappa shape index (κ2) is 9.84. The third kappa shape index (κ3) is 4.81. The van der Waals surface area contributed by atoms with Gasteiger partial charge in [0.15, 0.2) is 11.5 Å². The highest BCUT2D eigenvalue weighted by atomic mass is 16.5. The average Bonchev–Trinajstić information content (AvgIpc) is 2.83. The highest BCUT2D eigenvalue weighted by Crippen LogP contribution is 2.33. The molecule has 2 amide bonds. The first-order chi connectivity index (χ1) is 16.4. The lowest BCUT2D eigenvalue weighted by Crippen LogP contribution is -2.30. The molecule has 1 aromatic heterocycles. The van der Waals surface area contributed by atoms with Gasteiger partial charge >= 0.3 is 0 Å². The molecule has 0 aliphatic carbocycles. The van der Waals surface area contributed by atoms with E-state index in [0.717, 1.165) is 31.6 Å². The number of amides is 2. The summed E-state index contributed by atoms with van der Waals surface area (Å²) in [6.07, 6.45) is 0.945. The standard InChI is InChI=1S/C24H27N7O3/c1-4-31-10-9-15-12-19(34-3)18(11-16(15)13-31)26-24-28-22(20(21(25)32)29-30-24)27-23(33)17-8-6-5-7-14(17)2/h5-8,11-12H,4,9-10,13H2,1-3H3,(H2,25,32)(H2,26,27,28,30,33). The maximum Gasteiger partial charge on any atom is 0.273 e. The normalized spacial score (nSPS) is 13.1. The number of nitrogens with one attached hydrogen (secondary N) is 2. The molecule has 10 nitrogen and oxygen atoms in total. The molecule has 34 heavy (non-hydrogen) atoms. The number of nitrogens with zero attached hydrogens (tertiary/aromatic N) is 4. The zero-order chi connectivity index (χ0) is 24.2. The number of nitrogens with two attached hydrogens (primary N) is 1. The highest BCUT2D eigenvalue weighted by Gasteiger charge is 2.21. The van der Waals surface area contributed by atoms with Crippen LogP contribution in [0.15, 0.2) is 36.4 Å². The van der Waals surface area contributed by atoms with Crippen LogP contribution in [0.2, 0.25) is 0 Å². The van der Waals surface area contributed by atoms with Gasteiger partial charge in [-0.2, -0.15) is 4.98 Å². The van der Waals surface area contributed by atoms with Crippen molar-refractivity contribution < 1.29 is 14.3 Å². The Morgan fingerprint density at radius 2 is 1.97 bits per heavy atom. The molecule has 0 spiro atoms. The molecule has 0 bridgehead atoms. The minimum atomic E-state index is -0.849. The van der Waals surface area contributed by atoms with E-state index in [1.54, 1.807) is 19.2 Å². The number of aryl methyl sites for hydroxylation is 1. The molecule has 2 heterocycles. The van der Waals surface area contributed by atoms with Crippen molar-refractivity contribution >= 4 is 29.3 Å². The van der Waals surface area contributed by atoms with Crippen LogP contribution < -0.4 is 21.1 Å². The van der Waals surface area contributed by atoms with Crippen LogP contribution in [0.1, 0.15) is 44.5 Å². The lowest BCUT2D eigenvalue weighted by atomic mass is 9.98. The van der Waals surface area contributed by atoms with Crippen LogP contribution in [0, 0.1) is 6.92 Å². The summed E-state index contributed by atoms with van der Waals surface area (Å²) < 4.78 is 5.57. The topological polar surface area (TPSA) is 135 Å². The van der Waals surface area contributed by atoms with E-state index in [0.29, 0.717) is 17.0 Å². The molecule has 1 aliphatic heterocycles. The summed E-state index contributed by atoms with van der Waals surface area (Å²) in [6, 6.07) is 11.1. The van der Waals surface area contributed by atoms with Crippen LogP contribution in [0.5, 0.6) is 5.75 Å². The monoisotopic (exact) mass is 461 g/mol. The molecular formula is C24H27N7O3. The Bertz CT molecular complexity index is 1250. The van der Waals surface area contributed by atoms with Gasteiger partial charge in [0.1, 0.15) is 5.75 Å². The van der Waals surface area contributed by atoms with E-state index in [1.165, 1.54) is 11.1 Å². The molecule has 0 unspecified atom stereocenters. The van der Waals surface area contributed by atoms with Gasteiger partial charge in [-0.3, -0.25) is 14.5 Å². The van der Waals surface area contributed by atoms with E-state index in [2.05, 4.69) is 37.6 Å². The summed E-state index contributed by atoms with van der Waals surface area (Å²) in [4.78, 5) is 31.4. The van der Waals surface area contributed by atoms with Crippen LogP contribution in [0.4, 0.5) is 17.5 Å². The predicted octanol–water partition coefficient (Wildman–Crippen LogP) is 2.66. The van der Waals surface area contributed by atoms with Gasteiger partial charge in [-0.15, -0.1) is 10.2 Å². The third-order valence-electron chi connectivity index (χ3n) is 5.85. The van der Waals surface area contributed by atoms with Crippen LogP contribution in [0.3, 0.4) is 0 Å². The minimum absolute atomic E-state index is 0.0765. The van der Waals surface area contributed by atoms with E-state index in [4.69, 9.17) is 10.5 Å². The summed E-state index contributed by atoms with van der Waals surface area (Å²) in [5, 5.41) is 13.6. The van der Waals surface area contributed by atoms with Crippen LogP contribution in [-0.4, -0.2) is 52.1 Å². The van der Waals surface area contributed by atoms with Crippen molar-refractivity contribution in [1.29, 1.82) is 0 Å². The SMILES string of the molecule is CCN1CCc2cc(OC)c(Nc3nnc(C(N)=O)c(NC(=O)c4ccccc4C)n3)cc2C1. The minimum Gasteiger partial charge on any atom is -0.495 e. The molecule has 0 atom stereocenters. The molecule has 10 heteroatoms. The number of primary amides is 1. The molecule has 0 fully saturated rings. The van der Waals surface area contributed by atoms with Crippen LogP contribution in [-0.2, 0) is 13.0 Å². The van der Waals surface area contributed by atoms with E-state index < -0.39 is 11.8 Å². The van der Waals surface area contributed by atoms with Gasteiger partial charge in [0.05, 0.1) is 12.8 Å². The quantitative estimate of drug-likeness (QED) is 0.489. The van der Waals surface area contributed by atoms with E-state index in [-0.39, 0.29) is 17.5 Å². The van der Waals surface area contributed by atoms with Crippen LogP contribution in [0.25, 0.3) is 0 Å². The zero-order valence-corrected chi connectivity index (χ0v) is 19.4. The van der Waals surface area contributed by atoms with Gasteiger partial charge in [-0.25, -0.2) is 0 Å². The van der Waals surface area contributed by atoms with Gasteiger partial charge in [-0.05, 0) is 54.8 Å². The van der Waals surface area contributed by atoms with Crippen molar-refractivity contribution in [1.82, 2.24) is 20.1 Å². The summed E-state index contributed by atoms with van der Waals surface area (Å²) in [5.74, 6) is -0.633. The number of likely N-dealkylation sites (N-methyl/N-ethyl adjacent to an activating group) is 1. The van der Waals surface area contributed by atoms with Crippen molar-refractivity contribution in [2.24, 2.45) is 5.73 Å². The number of rotatable bonds is 7. The molecule has 2 aromatic carbocycles. The fourth-order valence-corrected chi connectivity index (χ4v) is 3.94. The molecule has 0 saturated carbocycles. The van der Waals surface area contributed by atoms with Crippen molar-refractivity contribution in [3.8, 4) is 5.75 Å². The Hall–Kier alpha value is -4.05. The fraction of sp³-hybridized carbons (Fsp3) is 0.292. The van der Waals surface area contributed by atoms with E-state index >= 15 is 0 Å². The summed E-state index contributed by atoms with van der Waals surface area (Å²) in [6.45, 7) is 6.77. The van der Waals surface area contributed by atoms with Crippen molar-refractivity contribution in [3.63, 3.8) is 0 Å². The van der Waals surface area contributed by atoms with Crippen molar-refractivity contribution in [2.75, 3.05) is 30.8 Å². The van der Waals surface area contributed by atoms with Gasteiger partial charge in [-0.1, -0.05) is 25.1 Å². The molecule has 1 aliphatic rings. The first kappa shape index (κ1) is 23.1. The number of hydrogen-bond donors (Lipinski definition) is 3. The van der Waals surface area contributed by atoms with Gasteiger partial charge in [0.2, 0.25) is 5.95 Å². The van der Waals surface area contributed by atoms with Gasteiger partial charge in [0.25, 0.3) is 11.8 Å². The average molecular weight is 462 g/mol. The number of aromatic nitrogens is 3. The summed E-state index contributed by atoms with van der Waals surface area (Å²) in [7, 11) is 1.59. The first-order valence-corrected chi connectivity index (χ1v) is 11.0.